The Kier molecular flexibility index (Phi) is 2.73. The summed E-state index contributed by atoms with van der Waals surface area (Å²) in [6.07, 6.45) is 1.89. The first kappa shape index (κ1) is 10.2. The number of aryl methyl sites for hydroxylation is 2. The molecule has 0 N–H and O–H groups in total. The minimum Gasteiger partial charge on any atom is -0.496 e. The molecule has 0 saturated heterocycles. The summed E-state index contributed by atoms with van der Waals surface area (Å²) < 4.78 is 5.36. The fraction of sp³-hybridized carbons (Fsp3) is 0.250. The summed E-state index contributed by atoms with van der Waals surface area (Å²) in [7, 11) is 1.69. The summed E-state index contributed by atoms with van der Waals surface area (Å²) in [6.45, 7) is 4.11. The lowest BCUT2D eigenvalue weighted by Gasteiger charge is -2.06. The van der Waals surface area contributed by atoms with Gasteiger partial charge in [0.05, 0.1) is 12.7 Å². The second-order valence-electron chi connectivity index (χ2n) is 3.48. The maximum Gasteiger partial charge on any atom is 0.129 e. The van der Waals surface area contributed by atoms with Gasteiger partial charge in [-0.1, -0.05) is 6.07 Å². The van der Waals surface area contributed by atoms with Crippen LogP contribution in [0.2, 0.25) is 0 Å². The van der Waals surface area contributed by atoms with Crippen LogP contribution in [0.5, 0.6) is 5.75 Å². The highest BCUT2D eigenvalue weighted by atomic mass is 32.1. The van der Waals surface area contributed by atoms with Crippen molar-refractivity contribution in [3.63, 3.8) is 0 Å². The monoisotopic (exact) mass is 219 g/mol. The summed E-state index contributed by atoms with van der Waals surface area (Å²) in [5.74, 6) is 0.893. The molecule has 0 atom stereocenters. The van der Waals surface area contributed by atoms with Gasteiger partial charge in [0.1, 0.15) is 10.8 Å². The van der Waals surface area contributed by atoms with Crippen LogP contribution in [0.3, 0.4) is 0 Å². The van der Waals surface area contributed by atoms with Crippen LogP contribution in [0.1, 0.15) is 10.4 Å². The first-order valence-corrected chi connectivity index (χ1v) is 5.60. The van der Waals surface area contributed by atoms with Crippen LogP contribution in [0.4, 0.5) is 0 Å². The molecule has 3 heteroatoms. The molecule has 0 aliphatic rings. The van der Waals surface area contributed by atoms with Gasteiger partial charge in [0.15, 0.2) is 0 Å². The van der Waals surface area contributed by atoms with E-state index in [1.807, 2.05) is 12.3 Å². The number of methoxy groups -OCH3 is 1. The molecule has 0 radical (unpaired) electrons. The molecule has 1 heterocycles. The molecule has 2 nitrogen and oxygen atoms in total. The number of benzene rings is 1. The lowest BCUT2D eigenvalue weighted by Crippen LogP contribution is -1.88. The molecule has 78 valence electrons. The van der Waals surface area contributed by atoms with Crippen molar-refractivity contribution in [1.82, 2.24) is 4.98 Å². The Hall–Kier alpha value is -1.35. The molecule has 1 aromatic carbocycles. The first-order valence-electron chi connectivity index (χ1n) is 4.78. The Bertz CT molecular complexity index is 476. The quantitative estimate of drug-likeness (QED) is 0.772. The molecule has 0 spiro atoms. The third-order valence-electron chi connectivity index (χ3n) is 2.21. The fourth-order valence-electron chi connectivity index (χ4n) is 1.45. The second kappa shape index (κ2) is 4.03. The number of hydrogen-bond acceptors (Lipinski definition) is 3. The Balaban J connectivity index is 2.52. The molecule has 15 heavy (non-hydrogen) atoms. The number of thiazole rings is 1. The van der Waals surface area contributed by atoms with E-state index >= 15 is 0 Å². The molecule has 1 aromatic heterocycles. The first-order chi connectivity index (χ1) is 7.20. The van der Waals surface area contributed by atoms with E-state index in [0.717, 1.165) is 16.3 Å². The molecule has 0 aliphatic heterocycles. The maximum atomic E-state index is 5.36. The summed E-state index contributed by atoms with van der Waals surface area (Å²) in [5.41, 5.74) is 2.27. The molecule has 2 aromatic rings. The summed E-state index contributed by atoms with van der Waals surface area (Å²) in [6, 6.07) is 6.17. The number of rotatable bonds is 2. The molecule has 0 fully saturated rings. The second-order valence-corrected chi connectivity index (χ2v) is 4.71. The van der Waals surface area contributed by atoms with Gasteiger partial charge in [0.25, 0.3) is 0 Å². The summed E-state index contributed by atoms with van der Waals surface area (Å²) in [4.78, 5) is 5.58. The van der Waals surface area contributed by atoms with Crippen molar-refractivity contribution in [3.8, 4) is 16.3 Å². The standard InChI is InChI=1S/C12H13NOS/c1-8-4-5-10(11(6-8)14-3)12-13-7-9(2)15-12/h4-7H,1-3H3. The predicted octanol–water partition coefficient (Wildman–Crippen LogP) is 3.44. The highest BCUT2D eigenvalue weighted by Crippen LogP contribution is 2.33. The highest BCUT2D eigenvalue weighted by molar-refractivity contribution is 7.15. The maximum absolute atomic E-state index is 5.36. The normalized spacial score (nSPS) is 10.3. The molecule has 2 rings (SSSR count). The smallest absolute Gasteiger partial charge is 0.129 e. The van der Waals surface area contributed by atoms with Crippen LogP contribution in [0, 0.1) is 13.8 Å². The van der Waals surface area contributed by atoms with Crippen molar-refractivity contribution >= 4 is 11.3 Å². The van der Waals surface area contributed by atoms with E-state index in [9.17, 15) is 0 Å². The van der Waals surface area contributed by atoms with Crippen molar-refractivity contribution in [3.05, 3.63) is 34.8 Å². The lowest BCUT2D eigenvalue weighted by atomic mass is 10.1. The number of aromatic nitrogens is 1. The van der Waals surface area contributed by atoms with E-state index < -0.39 is 0 Å². The van der Waals surface area contributed by atoms with Crippen molar-refractivity contribution < 1.29 is 4.74 Å². The molecular formula is C12H13NOS. The molecule has 0 saturated carbocycles. The van der Waals surface area contributed by atoms with E-state index in [1.165, 1.54) is 10.4 Å². The van der Waals surface area contributed by atoms with Crippen molar-refractivity contribution in [2.24, 2.45) is 0 Å². The van der Waals surface area contributed by atoms with E-state index in [4.69, 9.17) is 4.74 Å². The predicted molar refractivity (Wildman–Crippen MR) is 63.6 cm³/mol. The van der Waals surface area contributed by atoms with Gasteiger partial charge in [-0.2, -0.15) is 0 Å². The average molecular weight is 219 g/mol. The molecule has 0 aliphatic carbocycles. The number of ether oxygens (including phenoxy) is 1. The summed E-state index contributed by atoms with van der Waals surface area (Å²) in [5, 5.41) is 1.02. The third-order valence-corrected chi connectivity index (χ3v) is 3.15. The Morgan fingerprint density at radius 2 is 2.07 bits per heavy atom. The van der Waals surface area contributed by atoms with Gasteiger partial charge in [-0.15, -0.1) is 11.3 Å². The lowest BCUT2D eigenvalue weighted by molar-refractivity contribution is 0.416. The largest absolute Gasteiger partial charge is 0.496 e. The summed E-state index contributed by atoms with van der Waals surface area (Å²) >= 11 is 1.69. The van der Waals surface area contributed by atoms with Crippen LogP contribution >= 0.6 is 11.3 Å². The van der Waals surface area contributed by atoms with E-state index in [-0.39, 0.29) is 0 Å². The fourth-order valence-corrected chi connectivity index (χ4v) is 2.25. The van der Waals surface area contributed by atoms with Crippen LogP contribution in [-0.2, 0) is 0 Å². The van der Waals surface area contributed by atoms with Gasteiger partial charge in [0, 0.05) is 11.1 Å². The minimum absolute atomic E-state index is 0.893. The zero-order valence-corrected chi connectivity index (χ0v) is 9.89. The van der Waals surface area contributed by atoms with Gasteiger partial charge in [-0.25, -0.2) is 4.98 Å². The molecule has 0 bridgehead atoms. The number of hydrogen-bond donors (Lipinski definition) is 0. The SMILES string of the molecule is COc1cc(C)ccc1-c1ncc(C)s1. The van der Waals surface area contributed by atoms with E-state index in [0.29, 0.717) is 0 Å². The Morgan fingerprint density at radius 1 is 1.27 bits per heavy atom. The minimum atomic E-state index is 0.893. The van der Waals surface area contributed by atoms with E-state index in [1.54, 1.807) is 18.4 Å². The highest BCUT2D eigenvalue weighted by Gasteiger charge is 2.08. The van der Waals surface area contributed by atoms with E-state index in [2.05, 4.69) is 31.0 Å². The topological polar surface area (TPSA) is 22.1 Å². The van der Waals surface area contributed by atoms with Gasteiger partial charge in [-0.3, -0.25) is 0 Å². The third kappa shape index (κ3) is 2.02. The van der Waals surface area contributed by atoms with Crippen LogP contribution in [0.25, 0.3) is 10.6 Å². The van der Waals surface area contributed by atoms with Gasteiger partial charge >= 0.3 is 0 Å². The van der Waals surface area contributed by atoms with Crippen LogP contribution < -0.4 is 4.74 Å². The van der Waals surface area contributed by atoms with Gasteiger partial charge < -0.3 is 4.74 Å². The molecule has 0 unspecified atom stereocenters. The zero-order valence-electron chi connectivity index (χ0n) is 9.07. The molecular weight excluding hydrogens is 206 g/mol. The van der Waals surface area contributed by atoms with Crippen molar-refractivity contribution in [1.29, 1.82) is 0 Å². The van der Waals surface area contributed by atoms with Gasteiger partial charge in [-0.05, 0) is 31.5 Å². The average Bonchev–Trinajstić information content (AvgIpc) is 2.64. The Morgan fingerprint density at radius 3 is 2.67 bits per heavy atom. The number of nitrogens with zero attached hydrogens (tertiary/aromatic N) is 1. The van der Waals surface area contributed by atoms with Crippen LogP contribution in [-0.4, -0.2) is 12.1 Å². The van der Waals surface area contributed by atoms with Crippen molar-refractivity contribution in [2.45, 2.75) is 13.8 Å². The Labute approximate surface area is 93.6 Å². The van der Waals surface area contributed by atoms with Gasteiger partial charge in [0.2, 0.25) is 0 Å². The van der Waals surface area contributed by atoms with Crippen molar-refractivity contribution in [2.75, 3.05) is 7.11 Å². The molecule has 0 amide bonds. The van der Waals surface area contributed by atoms with Crippen LogP contribution in [0.15, 0.2) is 24.4 Å². The zero-order chi connectivity index (χ0) is 10.8.